The lowest BCUT2D eigenvalue weighted by molar-refractivity contribution is -0.124. The summed E-state index contributed by atoms with van der Waals surface area (Å²) in [6.45, 7) is 3.53. The van der Waals surface area contributed by atoms with Gasteiger partial charge in [-0.1, -0.05) is 37.5 Å². The number of nitrogens with one attached hydrogen (secondary N) is 1. The van der Waals surface area contributed by atoms with Gasteiger partial charge in [0.1, 0.15) is 11.4 Å². The molecule has 2 aliphatic rings. The summed E-state index contributed by atoms with van der Waals surface area (Å²) in [6.07, 6.45) is 3.94. The molecule has 2 fully saturated rings. The molecule has 2 heterocycles. The Morgan fingerprint density at radius 2 is 1.82 bits per heavy atom. The van der Waals surface area contributed by atoms with Gasteiger partial charge in [0.25, 0.3) is 0 Å². The predicted molar refractivity (Wildman–Crippen MR) is 127 cm³/mol. The molecule has 9 nitrogen and oxygen atoms in total. The van der Waals surface area contributed by atoms with E-state index in [1.54, 1.807) is 25.2 Å². The molecule has 33 heavy (non-hydrogen) atoms. The van der Waals surface area contributed by atoms with Gasteiger partial charge in [-0.2, -0.15) is 15.0 Å². The average Bonchev–Trinajstić information content (AvgIpc) is 2.84. The summed E-state index contributed by atoms with van der Waals surface area (Å²) in [6, 6.07) is 6.59. The molecule has 1 saturated heterocycles. The highest BCUT2D eigenvalue weighted by Gasteiger charge is 2.45. The van der Waals surface area contributed by atoms with Crippen LogP contribution in [0.4, 0.5) is 22.2 Å². The van der Waals surface area contributed by atoms with E-state index in [9.17, 15) is 9.18 Å². The van der Waals surface area contributed by atoms with Crippen LogP contribution < -0.4 is 20.9 Å². The summed E-state index contributed by atoms with van der Waals surface area (Å²) in [5.41, 5.74) is 5.51. The van der Waals surface area contributed by atoms with Crippen molar-refractivity contribution in [2.24, 2.45) is 5.73 Å². The van der Waals surface area contributed by atoms with E-state index in [-0.39, 0.29) is 12.4 Å². The summed E-state index contributed by atoms with van der Waals surface area (Å²) in [5.74, 6) is 0.535. The number of piperazine rings is 1. The number of primary amides is 1. The number of carbonyl (C=O) groups is 1. The third kappa shape index (κ3) is 4.85. The van der Waals surface area contributed by atoms with Gasteiger partial charge in [0.05, 0.1) is 0 Å². The number of aromatic nitrogens is 3. The first kappa shape index (κ1) is 23.2. The zero-order chi connectivity index (χ0) is 23.4. The maximum Gasteiger partial charge on any atom is 0.243 e. The molecule has 0 spiro atoms. The van der Waals surface area contributed by atoms with Gasteiger partial charge >= 0.3 is 0 Å². The molecule has 10 heteroatoms. The molecule has 1 aromatic carbocycles. The van der Waals surface area contributed by atoms with E-state index < -0.39 is 11.4 Å². The van der Waals surface area contributed by atoms with Crippen LogP contribution in [0.1, 0.15) is 37.7 Å². The number of likely N-dealkylation sites (N-methyl/N-ethyl adjacent to an activating group) is 1. The summed E-state index contributed by atoms with van der Waals surface area (Å²) in [5, 5.41) is 3.01. The number of halogens is 1. The topological polar surface area (TPSA) is 104 Å². The Bertz CT molecular complexity index is 973. The third-order valence-corrected chi connectivity index (χ3v) is 6.81. The minimum absolute atomic E-state index is 0.144. The average molecular weight is 457 g/mol. The Morgan fingerprint density at radius 3 is 2.45 bits per heavy atom. The van der Waals surface area contributed by atoms with Crippen LogP contribution in [0.2, 0.25) is 0 Å². The summed E-state index contributed by atoms with van der Waals surface area (Å²) >= 11 is 0. The van der Waals surface area contributed by atoms with Gasteiger partial charge in [-0.05, 0) is 26.0 Å². The summed E-state index contributed by atoms with van der Waals surface area (Å²) in [4.78, 5) is 33.1. The van der Waals surface area contributed by atoms with E-state index in [0.717, 1.165) is 45.4 Å². The van der Waals surface area contributed by atoms with Crippen LogP contribution in [-0.2, 0) is 11.3 Å². The fourth-order valence-corrected chi connectivity index (χ4v) is 4.73. The number of benzene rings is 1. The monoisotopic (exact) mass is 456 g/mol. The number of hydrogen-bond acceptors (Lipinski definition) is 8. The molecule has 3 N–H and O–H groups in total. The van der Waals surface area contributed by atoms with Crippen LogP contribution in [0.25, 0.3) is 0 Å². The van der Waals surface area contributed by atoms with Crippen molar-refractivity contribution in [3.8, 4) is 0 Å². The van der Waals surface area contributed by atoms with Gasteiger partial charge < -0.3 is 25.8 Å². The second-order valence-corrected chi connectivity index (χ2v) is 8.93. The highest BCUT2D eigenvalue weighted by molar-refractivity contribution is 5.88. The van der Waals surface area contributed by atoms with Crippen molar-refractivity contribution in [2.45, 2.75) is 44.2 Å². The van der Waals surface area contributed by atoms with Gasteiger partial charge in [0.15, 0.2) is 0 Å². The molecular weight excluding hydrogens is 423 g/mol. The fraction of sp³-hybridized carbons (Fsp3) is 0.565. The molecule has 2 aromatic rings. The molecule has 178 valence electrons. The number of nitrogens with two attached hydrogens (primary N) is 1. The van der Waals surface area contributed by atoms with E-state index in [1.807, 2.05) is 4.90 Å². The Kier molecular flexibility index (Phi) is 6.92. The minimum Gasteiger partial charge on any atom is -0.368 e. The summed E-state index contributed by atoms with van der Waals surface area (Å²) < 4.78 is 14.7. The third-order valence-electron chi connectivity index (χ3n) is 6.81. The van der Waals surface area contributed by atoms with Crippen molar-refractivity contribution in [2.75, 3.05) is 55.4 Å². The maximum atomic E-state index is 14.7. The van der Waals surface area contributed by atoms with Crippen molar-refractivity contribution < 1.29 is 9.18 Å². The molecule has 4 rings (SSSR count). The van der Waals surface area contributed by atoms with Gasteiger partial charge in [-0.15, -0.1) is 0 Å². The SMILES string of the molecule is CNc1nc(N2CCN(C)CC2)nc(N(Cc2ccccc2F)C2(C(N)=O)CCCCC2)n1. The molecule has 0 bridgehead atoms. The first-order valence-corrected chi connectivity index (χ1v) is 11.6. The van der Waals surface area contributed by atoms with E-state index in [4.69, 9.17) is 10.7 Å². The summed E-state index contributed by atoms with van der Waals surface area (Å²) in [7, 11) is 3.84. The molecule has 1 saturated carbocycles. The Morgan fingerprint density at radius 1 is 1.12 bits per heavy atom. The van der Waals surface area contributed by atoms with Gasteiger partial charge in [-0.25, -0.2) is 4.39 Å². The molecule has 0 atom stereocenters. The van der Waals surface area contributed by atoms with E-state index in [1.165, 1.54) is 6.07 Å². The van der Waals surface area contributed by atoms with Crippen molar-refractivity contribution in [3.05, 3.63) is 35.6 Å². The van der Waals surface area contributed by atoms with E-state index in [0.29, 0.717) is 36.3 Å². The van der Waals surface area contributed by atoms with Crippen molar-refractivity contribution >= 4 is 23.8 Å². The second kappa shape index (κ2) is 9.86. The number of amides is 1. The molecular formula is C23H33FN8O. The van der Waals surface area contributed by atoms with Crippen LogP contribution in [0.15, 0.2) is 24.3 Å². The molecule has 1 aliphatic heterocycles. The van der Waals surface area contributed by atoms with Crippen LogP contribution in [0.5, 0.6) is 0 Å². The fourth-order valence-electron chi connectivity index (χ4n) is 4.73. The Balaban J connectivity index is 1.80. The molecule has 1 aliphatic carbocycles. The quantitative estimate of drug-likeness (QED) is 0.652. The lowest BCUT2D eigenvalue weighted by atomic mass is 9.79. The minimum atomic E-state index is -0.980. The first-order chi connectivity index (χ1) is 15.9. The van der Waals surface area contributed by atoms with Gasteiger partial charge in [0, 0.05) is 45.3 Å². The number of carbonyl (C=O) groups excluding carboxylic acids is 1. The maximum absolute atomic E-state index is 14.7. The zero-order valence-corrected chi connectivity index (χ0v) is 19.4. The largest absolute Gasteiger partial charge is 0.368 e. The van der Waals surface area contributed by atoms with Crippen molar-refractivity contribution in [1.82, 2.24) is 19.9 Å². The van der Waals surface area contributed by atoms with Gasteiger partial charge in [0.2, 0.25) is 23.8 Å². The number of rotatable bonds is 7. The number of anilines is 3. The highest BCUT2D eigenvalue weighted by atomic mass is 19.1. The number of hydrogen-bond donors (Lipinski definition) is 2. The van der Waals surface area contributed by atoms with Crippen molar-refractivity contribution in [1.29, 1.82) is 0 Å². The smallest absolute Gasteiger partial charge is 0.243 e. The highest BCUT2D eigenvalue weighted by Crippen LogP contribution is 2.37. The van der Waals surface area contributed by atoms with Crippen LogP contribution in [-0.4, -0.2) is 71.6 Å². The number of nitrogens with zero attached hydrogens (tertiary/aromatic N) is 6. The van der Waals surface area contributed by atoms with E-state index in [2.05, 4.69) is 32.1 Å². The standard InChI is InChI=1S/C23H33FN8O/c1-26-20-27-21(31-14-12-30(2)13-15-31)29-22(28-20)32(16-17-8-4-5-9-18(17)24)23(19(25)33)10-6-3-7-11-23/h4-5,8-9H,3,6-7,10-16H2,1-2H3,(H2,25,33)(H,26,27,28,29). The van der Waals surface area contributed by atoms with Crippen LogP contribution >= 0.6 is 0 Å². The zero-order valence-electron chi connectivity index (χ0n) is 19.4. The van der Waals surface area contributed by atoms with Crippen LogP contribution in [0.3, 0.4) is 0 Å². The Labute approximate surface area is 194 Å². The first-order valence-electron chi connectivity index (χ1n) is 11.6. The molecule has 0 radical (unpaired) electrons. The lowest BCUT2D eigenvalue weighted by Gasteiger charge is -2.44. The molecule has 1 aromatic heterocycles. The molecule has 0 unspecified atom stereocenters. The second-order valence-electron chi connectivity index (χ2n) is 8.93. The normalized spacial score (nSPS) is 18.7. The van der Waals surface area contributed by atoms with Gasteiger partial charge in [-0.3, -0.25) is 4.79 Å². The predicted octanol–water partition coefficient (Wildman–Crippen LogP) is 2.00. The molecule has 1 amide bonds. The Hall–Kier alpha value is -3.01. The lowest BCUT2D eigenvalue weighted by Crippen LogP contribution is -2.59. The van der Waals surface area contributed by atoms with Crippen molar-refractivity contribution in [3.63, 3.8) is 0 Å². The van der Waals surface area contributed by atoms with E-state index >= 15 is 0 Å². The van der Waals surface area contributed by atoms with Crippen LogP contribution in [0, 0.1) is 5.82 Å².